The Hall–Kier alpha value is -1.44. The van der Waals surface area contributed by atoms with Crippen LogP contribution in [0.15, 0.2) is 6.20 Å². The van der Waals surface area contributed by atoms with E-state index in [1.54, 1.807) is 27.8 Å². The van der Waals surface area contributed by atoms with Crippen molar-refractivity contribution in [1.82, 2.24) is 15.0 Å². The molecule has 1 amide bonds. The van der Waals surface area contributed by atoms with Crippen LogP contribution in [0.5, 0.6) is 0 Å². The molecule has 2 aromatic rings. The average molecular weight is 375 g/mol. The third-order valence-corrected chi connectivity index (χ3v) is 4.37. The predicted octanol–water partition coefficient (Wildman–Crippen LogP) is 4.59. The first-order chi connectivity index (χ1) is 10.6. The normalized spacial score (nSPS) is 11.4. The van der Waals surface area contributed by atoms with E-state index in [-0.39, 0.29) is 5.28 Å². The summed E-state index contributed by atoms with van der Waals surface area (Å²) in [5, 5.41) is 0.949. The number of carbonyl (C=O) groups is 1. The van der Waals surface area contributed by atoms with Crippen LogP contribution in [0.25, 0.3) is 10.6 Å². The van der Waals surface area contributed by atoms with Crippen molar-refractivity contribution < 1.29 is 9.53 Å². The smallest absolute Gasteiger partial charge is 0.416 e. The van der Waals surface area contributed by atoms with E-state index in [2.05, 4.69) is 15.0 Å². The predicted molar refractivity (Wildman–Crippen MR) is 92.5 cm³/mol. The summed E-state index contributed by atoms with van der Waals surface area (Å²) in [7, 11) is 1.60. The van der Waals surface area contributed by atoms with Gasteiger partial charge in [-0.15, -0.1) is 0 Å². The van der Waals surface area contributed by atoms with E-state index in [9.17, 15) is 4.79 Å². The summed E-state index contributed by atoms with van der Waals surface area (Å²) in [6.45, 7) is 7.23. The van der Waals surface area contributed by atoms with Crippen LogP contribution in [-0.2, 0) is 4.74 Å². The molecule has 0 fully saturated rings. The molecule has 2 aromatic heterocycles. The van der Waals surface area contributed by atoms with Crippen molar-refractivity contribution >= 4 is 45.8 Å². The standard InChI is InChI=1S/C14H16Cl2N4O2S/c1-7-10(9-8(15)6-17-11(16)19-9)23-12(18-7)20(5)13(21)22-14(2,3)4/h6H,1-5H3. The molecule has 9 heteroatoms. The minimum Gasteiger partial charge on any atom is -0.443 e. The van der Waals surface area contributed by atoms with Crippen molar-refractivity contribution in [2.75, 3.05) is 11.9 Å². The second-order valence-corrected chi connectivity index (χ2v) is 7.51. The van der Waals surface area contributed by atoms with Crippen LogP contribution in [0.1, 0.15) is 26.5 Å². The largest absolute Gasteiger partial charge is 0.443 e. The first-order valence-corrected chi connectivity index (χ1v) is 8.28. The van der Waals surface area contributed by atoms with Gasteiger partial charge in [-0.05, 0) is 39.3 Å². The lowest BCUT2D eigenvalue weighted by Gasteiger charge is -2.23. The maximum Gasteiger partial charge on any atom is 0.416 e. The summed E-state index contributed by atoms with van der Waals surface area (Å²) in [5.41, 5.74) is 0.604. The van der Waals surface area contributed by atoms with Gasteiger partial charge in [0.25, 0.3) is 0 Å². The number of hydrogen-bond acceptors (Lipinski definition) is 6. The molecule has 0 N–H and O–H groups in total. The van der Waals surface area contributed by atoms with Gasteiger partial charge >= 0.3 is 6.09 Å². The van der Waals surface area contributed by atoms with Gasteiger partial charge in [0.05, 0.1) is 21.8 Å². The summed E-state index contributed by atoms with van der Waals surface area (Å²) >= 11 is 13.2. The Labute approximate surface area is 148 Å². The van der Waals surface area contributed by atoms with Crippen molar-refractivity contribution in [1.29, 1.82) is 0 Å². The van der Waals surface area contributed by atoms with Crippen molar-refractivity contribution in [2.45, 2.75) is 33.3 Å². The van der Waals surface area contributed by atoms with E-state index in [0.717, 1.165) is 4.88 Å². The fourth-order valence-corrected chi connectivity index (χ4v) is 3.06. The molecular formula is C14H16Cl2N4O2S. The SMILES string of the molecule is Cc1nc(N(C)C(=O)OC(C)(C)C)sc1-c1nc(Cl)ncc1Cl. The topological polar surface area (TPSA) is 68.2 Å². The molecule has 0 aromatic carbocycles. The van der Waals surface area contributed by atoms with Crippen LogP contribution in [-0.4, -0.2) is 33.7 Å². The quantitative estimate of drug-likeness (QED) is 0.719. The fraction of sp³-hybridized carbons (Fsp3) is 0.429. The van der Waals surface area contributed by atoms with E-state index in [4.69, 9.17) is 27.9 Å². The maximum absolute atomic E-state index is 12.1. The van der Waals surface area contributed by atoms with Gasteiger partial charge in [0.2, 0.25) is 5.28 Å². The highest BCUT2D eigenvalue weighted by molar-refractivity contribution is 7.19. The van der Waals surface area contributed by atoms with Gasteiger partial charge in [-0.3, -0.25) is 4.90 Å². The first kappa shape index (κ1) is 17.9. The Bertz CT molecular complexity index is 743. The highest BCUT2D eigenvalue weighted by Gasteiger charge is 2.24. The van der Waals surface area contributed by atoms with Crippen LogP contribution in [0.2, 0.25) is 10.3 Å². The van der Waals surface area contributed by atoms with Crippen molar-refractivity contribution in [2.24, 2.45) is 0 Å². The van der Waals surface area contributed by atoms with Crippen LogP contribution in [0, 0.1) is 6.92 Å². The van der Waals surface area contributed by atoms with Crippen LogP contribution < -0.4 is 4.90 Å². The lowest BCUT2D eigenvalue weighted by atomic mass is 10.2. The molecule has 0 unspecified atom stereocenters. The second-order valence-electron chi connectivity index (χ2n) is 5.79. The van der Waals surface area contributed by atoms with Crippen molar-refractivity contribution in [3.8, 4) is 10.6 Å². The zero-order valence-corrected chi connectivity index (χ0v) is 15.7. The summed E-state index contributed by atoms with van der Waals surface area (Å²) in [6.07, 6.45) is 0.951. The van der Waals surface area contributed by atoms with E-state index in [0.29, 0.717) is 21.5 Å². The zero-order valence-electron chi connectivity index (χ0n) is 13.3. The molecule has 0 saturated carbocycles. The molecule has 0 spiro atoms. The number of anilines is 1. The Kier molecular flexibility index (Phi) is 5.13. The Morgan fingerprint density at radius 1 is 1.30 bits per heavy atom. The van der Waals surface area contributed by atoms with E-state index in [1.807, 2.05) is 6.92 Å². The molecule has 0 aliphatic rings. The number of aryl methyl sites for hydroxylation is 1. The number of amides is 1. The molecule has 0 aliphatic carbocycles. The monoisotopic (exact) mass is 374 g/mol. The van der Waals surface area contributed by atoms with Gasteiger partial charge in [0.1, 0.15) is 11.3 Å². The van der Waals surface area contributed by atoms with Gasteiger partial charge in [0.15, 0.2) is 5.13 Å². The fourth-order valence-electron chi connectivity index (χ4n) is 1.66. The summed E-state index contributed by atoms with van der Waals surface area (Å²) in [4.78, 5) is 26.6. The van der Waals surface area contributed by atoms with Crippen LogP contribution in [0.4, 0.5) is 9.93 Å². The number of nitrogens with zero attached hydrogens (tertiary/aromatic N) is 4. The highest BCUT2D eigenvalue weighted by atomic mass is 35.5. The molecule has 0 atom stereocenters. The van der Waals surface area contributed by atoms with Crippen molar-refractivity contribution in [3.05, 3.63) is 22.2 Å². The molecular weight excluding hydrogens is 359 g/mol. The van der Waals surface area contributed by atoms with E-state index < -0.39 is 11.7 Å². The summed E-state index contributed by atoms with van der Waals surface area (Å²) in [6, 6.07) is 0. The molecule has 23 heavy (non-hydrogen) atoms. The van der Waals surface area contributed by atoms with Gasteiger partial charge in [-0.1, -0.05) is 22.9 Å². The highest BCUT2D eigenvalue weighted by Crippen LogP contribution is 2.37. The summed E-state index contributed by atoms with van der Waals surface area (Å²) in [5.74, 6) is 0. The number of aromatic nitrogens is 3. The zero-order chi connectivity index (χ0) is 17.4. The summed E-state index contributed by atoms with van der Waals surface area (Å²) < 4.78 is 5.33. The molecule has 0 saturated heterocycles. The number of hydrogen-bond donors (Lipinski definition) is 0. The van der Waals surface area contributed by atoms with Gasteiger partial charge < -0.3 is 4.74 Å². The minimum absolute atomic E-state index is 0.0965. The molecule has 124 valence electrons. The third kappa shape index (κ3) is 4.31. The molecule has 6 nitrogen and oxygen atoms in total. The number of thiazole rings is 1. The number of rotatable bonds is 2. The third-order valence-electron chi connectivity index (χ3n) is 2.67. The lowest BCUT2D eigenvalue weighted by Crippen LogP contribution is -2.34. The van der Waals surface area contributed by atoms with Crippen LogP contribution >= 0.6 is 34.5 Å². The second kappa shape index (κ2) is 6.59. The maximum atomic E-state index is 12.1. The van der Waals surface area contributed by atoms with Gasteiger partial charge in [-0.2, -0.15) is 0 Å². The van der Waals surface area contributed by atoms with Crippen molar-refractivity contribution in [3.63, 3.8) is 0 Å². The lowest BCUT2D eigenvalue weighted by molar-refractivity contribution is 0.0589. The van der Waals surface area contributed by atoms with Gasteiger partial charge in [-0.25, -0.2) is 19.7 Å². The first-order valence-electron chi connectivity index (χ1n) is 6.71. The molecule has 0 bridgehead atoms. The Morgan fingerprint density at radius 2 is 1.96 bits per heavy atom. The molecule has 0 aliphatic heterocycles. The number of halogens is 2. The molecule has 0 radical (unpaired) electrons. The van der Waals surface area contributed by atoms with E-state index >= 15 is 0 Å². The average Bonchev–Trinajstić information content (AvgIpc) is 2.80. The Morgan fingerprint density at radius 3 is 2.57 bits per heavy atom. The molecule has 2 rings (SSSR count). The van der Waals surface area contributed by atoms with Crippen LogP contribution in [0.3, 0.4) is 0 Å². The minimum atomic E-state index is -0.579. The van der Waals surface area contributed by atoms with E-state index in [1.165, 1.54) is 22.4 Å². The Balaban J connectivity index is 2.34. The number of ether oxygens (including phenoxy) is 1. The van der Waals surface area contributed by atoms with Gasteiger partial charge in [0, 0.05) is 7.05 Å². The molecule has 2 heterocycles. The number of carbonyl (C=O) groups excluding carboxylic acids is 1.